The lowest BCUT2D eigenvalue weighted by molar-refractivity contribution is 0.112. The highest BCUT2D eigenvalue weighted by atomic mass is 35.5. The van der Waals surface area contributed by atoms with Gasteiger partial charge in [0, 0.05) is 11.1 Å². The summed E-state index contributed by atoms with van der Waals surface area (Å²) in [5, 5.41) is 5.14. The van der Waals surface area contributed by atoms with Crippen LogP contribution in [0.1, 0.15) is 22.2 Å². The normalized spacial score (nSPS) is 10.8. The predicted octanol–water partition coefficient (Wildman–Crippen LogP) is 4.63. The number of hydrogen-bond acceptors (Lipinski definition) is 3. The average Bonchev–Trinajstić information content (AvgIpc) is 3.13. The first-order valence-corrected chi connectivity index (χ1v) is 7.81. The van der Waals surface area contributed by atoms with Crippen LogP contribution in [0.2, 0.25) is 5.02 Å². The van der Waals surface area contributed by atoms with Gasteiger partial charge in [-0.3, -0.25) is 4.79 Å². The first kappa shape index (κ1) is 14.0. The van der Waals surface area contributed by atoms with Crippen LogP contribution in [0.25, 0.3) is 16.3 Å². The second kappa shape index (κ2) is 5.84. The van der Waals surface area contributed by atoms with Crippen LogP contribution in [-0.2, 0) is 6.42 Å². The first-order chi connectivity index (χ1) is 10.2. The summed E-state index contributed by atoms with van der Waals surface area (Å²) < 4.78 is 1.66. The van der Waals surface area contributed by atoms with Crippen molar-refractivity contribution in [3.63, 3.8) is 0 Å². The van der Waals surface area contributed by atoms with Gasteiger partial charge in [0.1, 0.15) is 5.69 Å². The van der Waals surface area contributed by atoms with E-state index in [9.17, 15) is 4.79 Å². The van der Waals surface area contributed by atoms with Crippen molar-refractivity contribution < 1.29 is 4.79 Å². The third-order valence-corrected chi connectivity index (χ3v) is 4.77. The van der Waals surface area contributed by atoms with Crippen LogP contribution < -0.4 is 0 Å². The highest BCUT2D eigenvalue weighted by molar-refractivity contribution is 7.15. The number of rotatable bonds is 4. The van der Waals surface area contributed by atoms with Crippen LogP contribution in [0, 0.1) is 0 Å². The summed E-state index contributed by atoms with van der Waals surface area (Å²) in [5.74, 6) is 0. The lowest BCUT2D eigenvalue weighted by Crippen LogP contribution is -1.95. The predicted molar refractivity (Wildman–Crippen MR) is 86.7 cm³/mol. The number of halogens is 1. The Morgan fingerprint density at radius 1 is 1.29 bits per heavy atom. The van der Waals surface area contributed by atoms with E-state index in [1.807, 2.05) is 24.3 Å². The summed E-state index contributed by atoms with van der Waals surface area (Å²) in [4.78, 5) is 13.6. The minimum atomic E-state index is 0.569. The number of hydrogen-bond donors (Lipinski definition) is 0. The summed E-state index contributed by atoms with van der Waals surface area (Å²) in [5.41, 5.74) is 2.04. The van der Waals surface area contributed by atoms with E-state index >= 15 is 0 Å². The summed E-state index contributed by atoms with van der Waals surface area (Å²) in [6.45, 7) is 2.11. The molecule has 0 amide bonds. The minimum absolute atomic E-state index is 0.569. The number of aryl methyl sites for hydroxylation is 1. The third kappa shape index (κ3) is 2.64. The van der Waals surface area contributed by atoms with Crippen LogP contribution in [0.3, 0.4) is 0 Å². The van der Waals surface area contributed by atoms with Gasteiger partial charge in [-0.2, -0.15) is 5.10 Å². The largest absolute Gasteiger partial charge is 0.298 e. The van der Waals surface area contributed by atoms with Crippen molar-refractivity contribution in [1.29, 1.82) is 0 Å². The molecule has 21 heavy (non-hydrogen) atoms. The second-order valence-electron chi connectivity index (χ2n) is 4.57. The Labute approximate surface area is 131 Å². The molecule has 0 radical (unpaired) electrons. The summed E-state index contributed by atoms with van der Waals surface area (Å²) in [7, 11) is 0. The number of para-hydroxylation sites is 1. The Kier molecular flexibility index (Phi) is 3.90. The van der Waals surface area contributed by atoms with Gasteiger partial charge in [-0.15, -0.1) is 11.3 Å². The van der Waals surface area contributed by atoms with Gasteiger partial charge in [-0.1, -0.05) is 30.7 Å². The van der Waals surface area contributed by atoms with Crippen molar-refractivity contribution in [1.82, 2.24) is 9.78 Å². The zero-order valence-corrected chi connectivity index (χ0v) is 13.0. The maximum atomic E-state index is 11.3. The van der Waals surface area contributed by atoms with E-state index in [-0.39, 0.29) is 0 Å². The van der Waals surface area contributed by atoms with Gasteiger partial charge in [-0.25, -0.2) is 4.68 Å². The van der Waals surface area contributed by atoms with Gasteiger partial charge in [0.25, 0.3) is 0 Å². The van der Waals surface area contributed by atoms with E-state index in [4.69, 9.17) is 11.6 Å². The standard InChI is InChI=1S/C16H13ClN2OS/c1-2-12-7-8-15(21-12)16-11(10-20)9-19(18-16)14-6-4-3-5-13(14)17/h3-10H,2H2,1H3. The quantitative estimate of drug-likeness (QED) is 0.658. The van der Waals surface area contributed by atoms with Gasteiger partial charge in [0.2, 0.25) is 0 Å². The molecule has 2 aromatic heterocycles. The number of carbonyl (C=O) groups is 1. The number of aldehydes is 1. The molecule has 1 aromatic carbocycles. The molecule has 0 bridgehead atoms. The molecule has 0 unspecified atom stereocenters. The van der Waals surface area contributed by atoms with Gasteiger partial charge in [0.15, 0.2) is 6.29 Å². The Bertz CT molecular complexity index is 791. The van der Waals surface area contributed by atoms with E-state index < -0.39 is 0 Å². The van der Waals surface area contributed by atoms with Crippen molar-refractivity contribution in [3.8, 4) is 16.3 Å². The maximum absolute atomic E-state index is 11.3. The molecule has 5 heteroatoms. The SMILES string of the molecule is CCc1ccc(-c2nn(-c3ccccc3Cl)cc2C=O)s1. The molecule has 0 saturated heterocycles. The van der Waals surface area contributed by atoms with Crippen LogP contribution in [0.4, 0.5) is 0 Å². The van der Waals surface area contributed by atoms with E-state index in [0.29, 0.717) is 16.3 Å². The minimum Gasteiger partial charge on any atom is -0.298 e. The van der Waals surface area contributed by atoms with E-state index in [0.717, 1.165) is 23.3 Å². The fraction of sp³-hybridized carbons (Fsp3) is 0.125. The zero-order chi connectivity index (χ0) is 14.8. The van der Waals surface area contributed by atoms with Crippen LogP contribution >= 0.6 is 22.9 Å². The number of benzene rings is 1. The molecule has 2 heterocycles. The van der Waals surface area contributed by atoms with Crippen molar-refractivity contribution in [2.45, 2.75) is 13.3 Å². The molecule has 0 spiro atoms. The van der Waals surface area contributed by atoms with Crippen molar-refractivity contribution in [2.24, 2.45) is 0 Å². The monoisotopic (exact) mass is 316 g/mol. The molecule has 0 saturated carbocycles. The molecule has 106 valence electrons. The topological polar surface area (TPSA) is 34.9 Å². The molecule has 3 aromatic rings. The van der Waals surface area contributed by atoms with Crippen molar-refractivity contribution in [3.05, 3.63) is 58.1 Å². The van der Waals surface area contributed by atoms with E-state index in [1.54, 1.807) is 28.3 Å². The Hall–Kier alpha value is -1.91. The van der Waals surface area contributed by atoms with Crippen LogP contribution in [-0.4, -0.2) is 16.1 Å². The molecule has 0 aliphatic rings. The average molecular weight is 317 g/mol. The Morgan fingerprint density at radius 2 is 2.10 bits per heavy atom. The third-order valence-electron chi connectivity index (χ3n) is 3.21. The van der Waals surface area contributed by atoms with Gasteiger partial charge < -0.3 is 0 Å². The molecule has 0 fully saturated rings. The summed E-state index contributed by atoms with van der Waals surface area (Å²) in [6.07, 6.45) is 3.53. The molecule has 3 nitrogen and oxygen atoms in total. The van der Waals surface area contributed by atoms with Crippen molar-refractivity contribution >= 4 is 29.2 Å². The lowest BCUT2D eigenvalue weighted by Gasteiger charge is -2.02. The van der Waals surface area contributed by atoms with Gasteiger partial charge >= 0.3 is 0 Å². The summed E-state index contributed by atoms with van der Waals surface area (Å²) in [6, 6.07) is 11.5. The fourth-order valence-electron chi connectivity index (χ4n) is 2.12. The molecule has 3 rings (SSSR count). The number of carbonyl (C=O) groups excluding carboxylic acids is 1. The number of thiophene rings is 1. The summed E-state index contributed by atoms with van der Waals surface area (Å²) >= 11 is 7.85. The molecule has 0 aliphatic carbocycles. The fourth-order valence-corrected chi connectivity index (χ4v) is 3.30. The smallest absolute Gasteiger partial charge is 0.153 e. The van der Waals surface area contributed by atoms with Gasteiger partial charge in [0.05, 0.1) is 21.2 Å². The first-order valence-electron chi connectivity index (χ1n) is 6.61. The second-order valence-corrected chi connectivity index (χ2v) is 6.14. The van der Waals surface area contributed by atoms with Gasteiger partial charge in [-0.05, 0) is 30.7 Å². The van der Waals surface area contributed by atoms with E-state index in [2.05, 4.69) is 18.1 Å². The highest BCUT2D eigenvalue weighted by Gasteiger charge is 2.14. The lowest BCUT2D eigenvalue weighted by atomic mass is 10.2. The molecular weight excluding hydrogens is 304 g/mol. The highest BCUT2D eigenvalue weighted by Crippen LogP contribution is 2.30. The molecular formula is C16H13ClN2OS. The zero-order valence-electron chi connectivity index (χ0n) is 11.4. The molecule has 0 N–H and O–H groups in total. The molecule has 0 atom stereocenters. The van der Waals surface area contributed by atoms with Crippen LogP contribution in [0.15, 0.2) is 42.6 Å². The maximum Gasteiger partial charge on any atom is 0.153 e. The van der Waals surface area contributed by atoms with Crippen molar-refractivity contribution in [2.75, 3.05) is 0 Å². The van der Waals surface area contributed by atoms with E-state index in [1.165, 1.54) is 4.88 Å². The Balaban J connectivity index is 2.10. The number of nitrogens with zero attached hydrogens (tertiary/aromatic N) is 2. The number of aromatic nitrogens is 2. The van der Waals surface area contributed by atoms with Crippen LogP contribution in [0.5, 0.6) is 0 Å². The Morgan fingerprint density at radius 3 is 2.76 bits per heavy atom. The molecule has 0 aliphatic heterocycles.